The van der Waals surface area contributed by atoms with Gasteiger partial charge < -0.3 is 18.9 Å². The topological polar surface area (TPSA) is 36.9 Å². The standard InChI is InChI=1S/C11H16O4S/c1-12-9-6-8(15-4-5-16)7-10(13-2)11(9)14-3/h6-7,16H,4-5H2,1-3H3. The van der Waals surface area contributed by atoms with Crippen LogP contribution in [0.2, 0.25) is 0 Å². The zero-order valence-electron chi connectivity index (χ0n) is 9.65. The number of methoxy groups -OCH3 is 3. The lowest BCUT2D eigenvalue weighted by atomic mass is 10.2. The van der Waals surface area contributed by atoms with E-state index in [4.69, 9.17) is 18.9 Å². The Morgan fingerprint density at radius 1 is 1.00 bits per heavy atom. The first-order valence-corrected chi connectivity index (χ1v) is 5.43. The second kappa shape index (κ2) is 6.37. The Hall–Kier alpha value is -1.23. The van der Waals surface area contributed by atoms with Crippen LogP contribution < -0.4 is 18.9 Å². The van der Waals surface area contributed by atoms with Crippen molar-refractivity contribution in [3.05, 3.63) is 12.1 Å². The Balaban J connectivity index is 3.05. The number of thiol groups is 1. The normalized spacial score (nSPS) is 9.75. The van der Waals surface area contributed by atoms with E-state index in [1.54, 1.807) is 33.5 Å². The average molecular weight is 244 g/mol. The van der Waals surface area contributed by atoms with Gasteiger partial charge in [-0.25, -0.2) is 0 Å². The molecule has 0 fully saturated rings. The lowest BCUT2D eigenvalue weighted by molar-refractivity contribution is 0.309. The van der Waals surface area contributed by atoms with Gasteiger partial charge in [0.05, 0.1) is 27.9 Å². The second-order valence-corrected chi connectivity index (χ2v) is 3.38. The maximum absolute atomic E-state index is 5.45. The minimum atomic E-state index is 0.530. The molecule has 5 heteroatoms. The van der Waals surface area contributed by atoms with Crippen molar-refractivity contribution in [1.29, 1.82) is 0 Å². The molecule has 4 nitrogen and oxygen atoms in total. The molecule has 0 aromatic heterocycles. The van der Waals surface area contributed by atoms with E-state index in [2.05, 4.69) is 12.6 Å². The van der Waals surface area contributed by atoms with Crippen molar-refractivity contribution in [2.75, 3.05) is 33.7 Å². The number of hydrogen-bond acceptors (Lipinski definition) is 5. The van der Waals surface area contributed by atoms with Gasteiger partial charge in [0.2, 0.25) is 5.75 Å². The largest absolute Gasteiger partial charge is 0.493 e. The molecule has 90 valence electrons. The van der Waals surface area contributed by atoms with Crippen LogP contribution in [-0.2, 0) is 0 Å². The Bertz CT molecular complexity index is 316. The van der Waals surface area contributed by atoms with E-state index < -0.39 is 0 Å². The first kappa shape index (κ1) is 12.8. The molecule has 16 heavy (non-hydrogen) atoms. The van der Waals surface area contributed by atoms with Gasteiger partial charge in [-0.15, -0.1) is 0 Å². The van der Waals surface area contributed by atoms with Crippen molar-refractivity contribution in [1.82, 2.24) is 0 Å². The van der Waals surface area contributed by atoms with Gasteiger partial charge in [-0.05, 0) is 0 Å². The van der Waals surface area contributed by atoms with Gasteiger partial charge in [0.1, 0.15) is 5.75 Å². The summed E-state index contributed by atoms with van der Waals surface area (Å²) < 4.78 is 21.0. The van der Waals surface area contributed by atoms with Gasteiger partial charge in [-0.1, -0.05) is 0 Å². The molecule has 1 aromatic rings. The molecule has 0 aliphatic carbocycles. The summed E-state index contributed by atoms with van der Waals surface area (Å²) in [6.45, 7) is 0.530. The van der Waals surface area contributed by atoms with Crippen molar-refractivity contribution in [2.45, 2.75) is 0 Å². The van der Waals surface area contributed by atoms with Crippen LogP contribution in [0.3, 0.4) is 0 Å². The third kappa shape index (κ3) is 2.88. The van der Waals surface area contributed by atoms with Gasteiger partial charge in [-0.2, -0.15) is 12.6 Å². The summed E-state index contributed by atoms with van der Waals surface area (Å²) >= 11 is 4.07. The predicted molar refractivity (Wildman–Crippen MR) is 65.4 cm³/mol. The summed E-state index contributed by atoms with van der Waals surface area (Å²) in [5.74, 6) is 3.04. The lowest BCUT2D eigenvalue weighted by Crippen LogP contribution is -2.00. The average Bonchev–Trinajstić information content (AvgIpc) is 2.34. The summed E-state index contributed by atoms with van der Waals surface area (Å²) in [6.07, 6.45) is 0. The van der Waals surface area contributed by atoms with Crippen LogP contribution >= 0.6 is 12.6 Å². The van der Waals surface area contributed by atoms with E-state index in [-0.39, 0.29) is 0 Å². The zero-order valence-corrected chi connectivity index (χ0v) is 10.5. The van der Waals surface area contributed by atoms with Crippen molar-refractivity contribution >= 4 is 12.6 Å². The minimum absolute atomic E-state index is 0.530. The van der Waals surface area contributed by atoms with E-state index in [0.717, 1.165) is 0 Å². The van der Waals surface area contributed by atoms with Crippen LogP contribution in [0, 0.1) is 0 Å². The van der Waals surface area contributed by atoms with Crippen molar-refractivity contribution in [3.63, 3.8) is 0 Å². The molecule has 0 aliphatic heterocycles. The minimum Gasteiger partial charge on any atom is -0.493 e. The monoisotopic (exact) mass is 244 g/mol. The van der Waals surface area contributed by atoms with Gasteiger partial charge in [-0.3, -0.25) is 0 Å². The first-order chi connectivity index (χ1) is 7.76. The summed E-state index contributed by atoms with van der Waals surface area (Å²) in [5, 5.41) is 0. The zero-order chi connectivity index (χ0) is 12.0. The highest BCUT2D eigenvalue weighted by molar-refractivity contribution is 7.80. The molecule has 0 unspecified atom stereocenters. The van der Waals surface area contributed by atoms with Crippen molar-refractivity contribution < 1.29 is 18.9 Å². The number of hydrogen-bond donors (Lipinski definition) is 1. The Morgan fingerprint density at radius 2 is 1.56 bits per heavy atom. The van der Waals surface area contributed by atoms with Crippen LogP contribution in [0.25, 0.3) is 0 Å². The number of benzene rings is 1. The molecule has 0 radical (unpaired) electrons. The highest BCUT2D eigenvalue weighted by Gasteiger charge is 2.13. The van der Waals surface area contributed by atoms with Crippen LogP contribution in [0.4, 0.5) is 0 Å². The van der Waals surface area contributed by atoms with Gasteiger partial charge in [0, 0.05) is 17.9 Å². The number of rotatable bonds is 6. The highest BCUT2D eigenvalue weighted by atomic mass is 32.1. The Labute approximate surface area is 101 Å². The fourth-order valence-corrected chi connectivity index (χ4v) is 1.40. The Kier molecular flexibility index (Phi) is 5.11. The van der Waals surface area contributed by atoms with Gasteiger partial charge in [0.15, 0.2) is 11.5 Å². The first-order valence-electron chi connectivity index (χ1n) is 4.80. The van der Waals surface area contributed by atoms with Gasteiger partial charge in [0.25, 0.3) is 0 Å². The maximum atomic E-state index is 5.45. The van der Waals surface area contributed by atoms with E-state index in [1.807, 2.05) is 0 Å². The van der Waals surface area contributed by atoms with Crippen molar-refractivity contribution in [3.8, 4) is 23.0 Å². The molecule has 0 bridgehead atoms. The predicted octanol–water partition coefficient (Wildman–Crippen LogP) is 2.02. The van der Waals surface area contributed by atoms with E-state index >= 15 is 0 Å². The van der Waals surface area contributed by atoms with Crippen LogP contribution in [-0.4, -0.2) is 33.7 Å². The summed E-state index contributed by atoms with van der Waals surface area (Å²) in [4.78, 5) is 0. The molecule has 1 rings (SSSR count). The molecule has 0 saturated heterocycles. The maximum Gasteiger partial charge on any atom is 0.203 e. The number of ether oxygens (including phenoxy) is 4. The van der Waals surface area contributed by atoms with Crippen LogP contribution in [0.15, 0.2) is 12.1 Å². The molecule has 0 saturated carbocycles. The molecule has 0 spiro atoms. The van der Waals surface area contributed by atoms with Crippen molar-refractivity contribution in [2.24, 2.45) is 0 Å². The summed E-state index contributed by atoms with van der Waals surface area (Å²) in [5.41, 5.74) is 0. The molecule has 0 atom stereocenters. The SMILES string of the molecule is COc1cc(OCCS)cc(OC)c1OC. The molecule has 0 N–H and O–H groups in total. The molecule has 0 aliphatic rings. The van der Waals surface area contributed by atoms with Gasteiger partial charge >= 0.3 is 0 Å². The van der Waals surface area contributed by atoms with Crippen LogP contribution in [0.5, 0.6) is 23.0 Å². The van der Waals surface area contributed by atoms with E-state index in [0.29, 0.717) is 35.4 Å². The van der Waals surface area contributed by atoms with E-state index in [9.17, 15) is 0 Å². The lowest BCUT2D eigenvalue weighted by Gasteiger charge is -2.14. The second-order valence-electron chi connectivity index (χ2n) is 2.93. The third-order valence-corrected chi connectivity index (χ3v) is 2.18. The quantitative estimate of drug-likeness (QED) is 0.777. The smallest absolute Gasteiger partial charge is 0.203 e. The third-order valence-electron chi connectivity index (χ3n) is 2.00. The molecular formula is C11H16O4S. The van der Waals surface area contributed by atoms with Crippen LogP contribution in [0.1, 0.15) is 0 Å². The fraction of sp³-hybridized carbons (Fsp3) is 0.455. The molecule has 0 amide bonds. The Morgan fingerprint density at radius 3 is 1.94 bits per heavy atom. The van der Waals surface area contributed by atoms with E-state index in [1.165, 1.54) is 0 Å². The summed E-state index contributed by atoms with van der Waals surface area (Å²) in [7, 11) is 4.70. The molecular weight excluding hydrogens is 228 g/mol. The highest BCUT2D eigenvalue weighted by Crippen LogP contribution is 2.40. The fourth-order valence-electron chi connectivity index (χ4n) is 1.30. The summed E-state index contributed by atoms with van der Waals surface area (Å²) in [6, 6.07) is 3.51. The molecule has 1 aromatic carbocycles. The molecule has 0 heterocycles.